The first kappa shape index (κ1) is 13.1. The second kappa shape index (κ2) is 7.17. The van der Waals surface area contributed by atoms with Crippen molar-refractivity contribution in [1.82, 2.24) is 9.88 Å². The summed E-state index contributed by atoms with van der Waals surface area (Å²) >= 11 is 0. The van der Waals surface area contributed by atoms with Crippen molar-refractivity contribution in [3.05, 3.63) is 37.2 Å². The molecule has 1 aliphatic rings. The summed E-state index contributed by atoms with van der Waals surface area (Å²) in [6, 6.07) is 3.83. The number of pyridine rings is 1. The molecule has 2 heterocycles. The Hall–Kier alpha value is -1.35. The normalized spacial score (nSPS) is 20.6. The Labute approximate surface area is 109 Å². The number of hydrogen-bond acceptors (Lipinski definition) is 3. The maximum atomic E-state index is 5.81. The summed E-state index contributed by atoms with van der Waals surface area (Å²) in [5.41, 5.74) is 0. The zero-order valence-corrected chi connectivity index (χ0v) is 10.9. The second-order valence-corrected chi connectivity index (χ2v) is 4.88. The van der Waals surface area contributed by atoms with E-state index < -0.39 is 0 Å². The summed E-state index contributed by atoms with van der Waals surface area (Å²) < 4.78 is 5.81. The lowest BCUT2D eigenvalue weighted by Gasteiger charge is -2.32. The van der Waals surface area contributed by atoms with Crippen molar-refractivity contribution in [2.45, 2.75) is 19.3 Å². The van der Waals surface area contributed by atoms with Gasteiger partial charge < -0.3 is 9.64 Å². The third-order valence-electron chi connectivity index (χ3n) is 3.39. The van der Waals surface area contributed by atoms with Gasteiger partial charge in [-0.25, -0.2) is 0 Å². The van der Waals surface area contributed by atoms with Crippen LogP contribution >= 0.6 is 0 Å². The molecule has 1 unspecified atom stereocenters. The lowest BCUT2D eigenvalue weighted by molar-refractivity contribution is 0.132. The van der Waals surface area contributed by atoms with E-state index in [1.807, 2.05) is 18.2 Å². The molecule has 3 nitrogen and oxygen atoms in total. The molecular weight excluding hydrogens is 224 g/mol. The molecule has 0 aliphatic carbocycles. The van der Waals surface area contributed by atoms with Crippen LogP contribution in [0, 0.1) is 5.92 Å². The summed E-state index contributed by atoms with van der Waals surface area (Å²) in [6.07, 6.45) is 9.17. The fourth-order valence-corrected chi connectivity index (χ4v) is 2.41. The van der Waals surface area contributed by atoms with E-state index in [0.29, 0.717) is 5.92 Å². The molecule has 3 heteroatoms. The second-order valence-electron chi connectivity index (χ2n) is 4.88. The van der Waals surface area contributed by atoms with Gasteiger partial charge in [0, 0.05) is 31.4 Å². The number of likely N-dealkylation sites (tertiary alicyclic amines) is 1. The number of nitrogens with zero attached hydrogens (tertiary/aromatic N) is 2. The van der Waals surface area contributed by atoms with E-state index in [9.17, 15) is 0 Å². The minimum Gasteiger partial charge on any atom is -0.493 e. The van der Waals surface area contributed by atoms with Gasteiger partial charge in [-0.2, -0.15) is 0 Å². The first-order chi connectivity index (χ1) is 8.88. The molecule has 1 aromatic heterocycles. The fourth-order valence-electron chi connectivity index (χ4n) is 2.41. The smallest absolute Gasteiger partial charge is 0.122 e. The molecule has 98 valence electrons. The van der Waals surface area contributed by atoms with Crippen molar-refractivity contribution in [2.75, 3.05) is 26.2 Å². The van der Waals surface area contributed by atoms with Crippen LogP contribution in [0.15, 0.2) is 37.2 Å². The molecule has 0 radical (unpaired) electrons. The molecule has 1 saturated heterocycles. The Balaban J connectivity index is 1.74. The third kappa shape index (κ3) is 4.15. The Morgan fingerprint density at radius 2 is 2.28 bits per heavy atom. The Kier molecular flexibility index (Phi) is 5.21. The van der Waals surface area contributed by atoms with Gasteiger partial charge in [0.2, 0.25) is 0 Å². The van der Waals surface area contributed by atoms with Gasteiger partial charge in [0.1, 0.15) is 5.75 Å². The van der Waals surface area contributed by atoms with Crippen LogP contribution in [0.5, 0.6) is 5.75 Å². The van der Waals surface area contributed by atoms with Crippen LogP contribution in [-0.4, -0.2) is 36.1 Å². The topological polar surface area (TPSA) is 25.4 Å². The third-order valence-corrected chi connectivity index (χ3v) is 3.39. The molecule has 0 spiro atoms. The van der Waals surface area contributed by atoms with Crippen molar-refractivity contribution in [2.24, 2.45) is 5.92 Å². The van der Waals surface area contributed by atoms with Gasteiger partial charge in [-0.05, 0) is 37.9 Å². The zero-order valence-electron chi connectivity index (χ0n) is 10.9. The molecule has 0 amide bonds. The number of hydrogen-bond donors (Lipinski definition) is 0. The van der Waals surface area contributed by atoms with Gasteiger partial charge in [0.15, 0.2) is 0 Å². The molecule has 0 saturated carbocycles. The van der Waals surface area contributed by atoms with E-state index in [2.05, 4.69) is 16.5 Å². The van der Waals surface area contributed by atoms with E-state index >= 15 is 0 Å². The highest BCUT2D eigenvalue weighted by Gasteiger charge is 2.19. The Morgan fingerprint density at radius 3 is 3.06 bits per heavy atom. The van der Waals surface area contributed by atoms with Crippen molar-refractivity contribution < 1.29 is 4.74 Å². The van der Waals surface area contributed by atoms with Gasteiger partial charge in [0.05, 0.1) is 6.61 Å². The van der Waals surface area contributed by atoms with E-state index in [1.165, 1.54) is 19.4 Å². The van der Waals surface area contributed by atoms with Crippen LogP contribution in [0.3, 0.4) is 0 Å². The van der Waals surface area contributed by atoms with Gasteiger partial charge >= 0.3 is 0 Å². The maximum absolute atomic E-state index is 5.81. The van der Waals surface area contributed by atoms with E-state index in [1.54, 1.807) is 12.4 Å². The summed E-state index contributed by atoms with van der Waals surface area (Å²) in [6.45, 7) is 8.10. The lowest BCUT2D eigenvalue weighted by Crippen LogP contribution is -2.38. The predicted octanol–water partition coefficient (Wildman–Crippen LogP) is 2.75. The number of aromatic nitrogens is 1. The highest BCUT2D eigenvalue weighted by atomic mass is 16.5. The van der Waals surface area contributed by atoms with Crippen LogP contribution < -0.4 is 4.74 Å². The molecule has 2 rings (SSSR count). The molecule has 1 atom stereocenters. The van der Waals surface area contributed by atoms with Crippen LogP contribution in [0.2, 0.25) is 0 Å². The van der Waals surface area contributed by atoms with Crippen LogP contribution in [-0.2, 0) is 0 Å². The van der Waals surface area contributed by atoms with Crippen molar-refractivity contribution in [1.29, 1.82) is 0 Å². The van der Waals surface area contributed by atoms with E-state index in [0.717, 1.165) is 31.9 Å². The molecule has 18 heavy (non-hydrogen) atoms. The van der Waals surface area contributed by atoms with Crippen molar-refractivity contribution in [3.8, 4) is 5.75 Å². The monoisotopic (exact) mass is 246 g/mol. The Morgan fingerprint density at radius 1 is 1.44 bits per heavy atom. The average Bonchev–Trinajstić information content (AvgIpc) is 2.44. The SMILES string of the molecule is C=CCCN1CCCC(COc2ccncc2)C1. The van der Waals surface area contributed by atoms with Crippen molar-refractivity contribution >= 4 is 0 Å². The largest absolute Gasteiger partial charge is 0.493 e. The summed E-state index contributed by atoms with van der Waals surface area (Å²) in [5.74, 6) is 1.57. The number of rotatable bonds is 6. The van der Waals surface area contributed by atoms with Gasteiger partial charge in [-0.1, -0.05) is 6.08 Å². The quantitative estimate of drug-likeness (QED) is 0.722. The highest BCUT2D eigenvalue weighted by Crippen LogP contribution is 2.18. The van der Waals surface area contributed by atoms with E-state index in [4.69, 9.17) is 4.74 Å². The van der Waals surface area contributed by atoms with Gasteiger partial charge in [-0.15, -0.1) is 6.58 Å². The van der Waals surface area contributed by atoms with Crippen molar-refractivity contribution in [3.63, 3.8) is 0 Å². The van der Waals surface area contributed by atoms with Gasteiger partial charge in [-0.3, -0.25) is 4.98 Å². The Bertz CT molecular complexity index is 353. The average molecular weight is 246 g/mol. The molecule has 0 N–H and O–H groups in total. The molecule has 0 aromatic carbocycles. The summed E-state index contributed by atoms with van der Waals surface area (Å²) in [5, 5.41) is 0. The first-order valence-electron chi connectivity index (χ1n) is 6.74. The lowest BCUT2D eigenvalue weighted by atomic mass is 9.99. The van der Waals surface area contributed by atoms with E-state index in [-0.39, 0.29) is 0 Å². The number of piperidine rings is 1. The first-order valence-corrected chi connectivity index (χ1v) is 6.74. The molecule has 0 bridgehead atoms. The molecule has 1 fully saturated rings. The molecule has 1 aliphatic heterocycles. The summed E-state index contributed by atoms with van der Waals surface area (Å²) in [7, 11) is 0. The standard InChI is InChI=1S/C15H22N2O/c1-2-3-10-17-11-4-5-14(12-17)13-18-15-6-8-16-9-7-15/h2,6-9,14H,1,3-5,10-13H2. The fraction of sp³-hybridized carbons (Fsp3) is 0.533. The molecular formula is C15H22N2O. The predicted molar refractivity (Wildman–Crippen MR) is 73.7 cm³/mol. The summed E-state index contributed by atoms with van der Waals surface area (Å²) in [4.78, 5) is 6.51. The number of ether oxygens (including phenoxy) is 1. The zero-order chi connectivity index (χ0) is 12.6. The maximum Gasteiger partial charge on any atom is 0.122 e. The van der Waals surface area contributed by atoms with Crippen LogP contribution in [0.1, 0.15) is 19.3 Å². The minimum absolute atomic E-state index is 0.650. The van der Waals surface area contributed by atoms with Crippen LogP contribution in [0.4, 0.5) is 0 Å². The minimum atomic E-state index is 0.650. The van der Waals surface area contributed by atoms with Gasteiger partial charge in [0.25, 0.3) is 0 Å². The highest BCUT2D eigenvalue weighted by molar-refractivity contribution is 5.16. The molecule has 1 aromatic rings. The van der Waals surface area contributed by atoms with Crippen LogP contribution in [0.25, 0.3) is 0 Å².